The zero-order chi connectivity index (χ0) is 22.9. The van der Waals surface area contributed by atoms with Crippen molar-refractivity contribution in [1.82, 2.24) is 10.1 Å². The first-order valence-electron chi connectivity index (χ1n) is 9.95. The zero-order valence-corrected chi connectivity index (χ0v) is 18.5. The fraction of sp³-hybridized carbons (Fsp3) is 0.348. The third-order valence-corrected chi connectivity index (χ3v) is 4.90. The quantitative estimate of drug-likeness (QED) is 0.571. The molecule has 31 heavy (non-hydrogen) atoms. The van der Waals surface area contributed by atoms with Gasteiger partial charge in [-0.1, -0.05) is 5.16 Å². The highest BCUT2D eigenvalue weighted by Gasteiger charge is 2.34. The molecule has 1 aromatic heterocycles. The third kappa shape index (κ3) is 4.79. The highest BCUT2D eigenvalue weighted by atomic mass is 16.5. The molecular weight excluding hydrogens is 398 g/mol. The van der Waals surface area contributed by atoms with Gasteiger partial charge in [-0.05, 0) is 83.5 Å². The standard InChI is InChI=1S/C23H27N3O5/c1-13-11-18(20-14(2)25-31-19(20)12-13)30-17-9-7-16(8-10-17)24-21(27)15(3)26(22(28)29)23(4,5)6/h7-12,15H,1-6H3,(H,24,27)(H,28,29)/t15-/m1/s1. The number of carbonyl (C=O) groups excluding carboxylic acids is 1. The van der Waals surface area contributed by atoms with Gasteiger partial charge in [0.05, 0.1) is 11.1 Å². The molecule has 0 unspecified atom stereocenters. The summed E-state index contributed by atoms with van der Waals surface area (Å²) < 4.78 is 11.4. The molecule has 0 saturated carbocycles. The predicted molar refractivity (Wildman–Crippen MR) is 118 cm³/mol. The number of anilines is 1. The molecule has 3 rings (SSSR count). The normalized spacial score (nSPS) is 12.5. The summed E-state index contributed by atoms with van der Waals surface area (Å²) in [6.07, 6.45) is -1.15. The van der Waals surface area contributed by atoms with Crippen molar-refractivity contribution in [2.45, 2.75) is 53.1 Å². The van der Waals surface area contributed by atoms with E-state index < -0.39 is 23.6 Å². The number of carbonyl (C=O) groups is 2. The van der Waals surface area contributed by atoms with Crippen molar-refractivity contribution >= 4 is 28.7 Å². The van der Waals surface area contributed by atoms with Gasteiger partial charge in [-0.15, -0.1) is 0 Å². The van der Waals surface area contributed by atoms with Crippen molar-refractivity contribution in [1.29, 1.82) is 0 Å². The molecule has 8 heteroatoms. The van der Waals surface area contributed by atoms with E-state index in [2.05, 4.69) is 10.5 Å². The number of aromatic nitrogens is 1. The van der Waals surface area contributed by atoms with Crippen molar-refractivity contribution in [3.63, 3.8) is 0 Å². The van der Waals surface area contributed by atoms with Crippen LogP contribution in [-0.2, 0) is 4.79 Å². The molecule has 0 aliphatic heterocycles. The van der Waals surface area contributed by atoms with Crippen molar-refractivity contribution in [3.05, 3.63) is 47.7 Å². The summed E-state index contributed by atoms with van der Waals surface area (Å²) in [6.45, 7) is 10.6. The lowest BCUT2D eigenvalue weighted by atomic mass is 10.0. The molecule has 0 saturated heterocycles. The molecule has 0 aliphatic carbocycles. The van der Waals surface area contributed by atoms with Gasteiger partial charge >= 0.3 is 6.09 Å². The molecule has 2 N–H and O–H groups in total. The molecule has 0 radical (unpaired) electrons. The summed E-state index contributed by atoms with van der Waals surface area (Å²) in [6, 6.07) is 9.83. The van der Waals surface area contributed by atoms with Crippen LogP contribution in [0.3, 0.4) is 0 Å². The first kappa shape index (κ1) is 22.1. The zero-order valence-electron chi connectivity index (χ0n) is 18.5. The molecule has 164 valence electrons. The Bertz CT molecular complexity index is 1110. The number of nitrogens with one attached hydrogen (secondary N) is 1. The molecule has 3 aromatic rings. The fourth-order valence-electron chi connectivity index (χ4n) is 3.52. The maximum atomic E-state index is 12.6. The van der Waals surface area contributed by atoms with E-state index in [1.807, 2.05) is 26.0 Å². The van der Waals surface area contributed by atoms with Crippen molar-refractivity contribution < 1.29 is 24.0 Å². The summed E-state index contributed by atoms with van der Waals surface area (Å²) in [7, 11) is 0. The smallest absolute Gasteiger partial charge is 0.408 e. The van der Waals surface area contributed by atoms with Crippen LogP contribution in [0.1, 0.15) is 39.0 Å². The maximum Gasteiger partial charge on any atom is 0.408 e. The van der Waals surface area contributed by atoms with Gasteiger partial charge in [0.15, 0.2) is 5.58 Å². The lowest BCUT2D eigenvalue weighted by molar-refractivity contribution is -0.121. The van der Waals surface area contributed by atoms with Crippen LogP contribution in [0.2, 0.25) is 0 Å². The summed E-state index contributed by atoms with van der Waals surface area (Å²) in [5.74, 6) is 0.813. The van der Waals surface area contributed by atoms with E-state index in [4.69, 9.17) is 9.26 Å². The van der Waals surface area contributed by atoms with Gasteiger partial charge in [-0.25, -0.2) is 4.79 Å². The van der Waals surface area contributed by atoms with E-state index in [1.54, 1.807) is 52.0 Å². The van der Waals surface area contributed by atoms with Crippen LogP contribution in [0.4, 0.5) is 10.5 Å². The van der Waals surface area contributed by atoms with Crippen molar-refractivity contribution in [2.24, 2.45) is 0 Å². The number of fused-ring (bicyclic) bond motifs is 1. The Morgan fingerprint density at radius 2 is 1.81 bits per heavy atom. The van der Waals surface area contributed by atoms with Crippen LogP contribution in [-0.4, -0.2) is 38.7 Å². The number of nitrogens with zero attached hydrogens (tertiary/aromatic N) is 2. The second kappa shape index (κ2) is 8.29. The van der Waals surface area contributed by atoms with E-state index in [1.165, 1.54) is 0 Å². The number of aryl methyl sites for hydroxylation is 2. The lowest BCUT2D eigenvalue weighted by Gasteiger charge is -2.37. The molecule has 2 aromatic carbocycles. The van der Waals surface area contributed by atoms with Crippen molar-refractivity contribution in [2.75, 3.05) is 5.32 Å². The molecule has 0 aliphatic rings. The van der Waals surface area contributed by atoms with Gasteiger partial charge < -0.3 is 19.7 Å². The summed E-state index contributed by atoms with van der Waals surface area (Å²) in [4.78, 5) is 25.3. The number of hydrogen-bond donors (Lipinski definition) is 2. The highest BCUT2D eigenvalue weighted by molar-refractivity contribution is 5.96. The van der Waals surface area contributed by atoms with Crippen LogP contribution < -0.4 is 10.1 Å². The van der Waals surface area contributed by atoms with Gasteiger partial charge in [0, 0.05) is 11.2 Å². The summed E-state index contributed by atoms with van der Waals surface area (Å²) in [5, 5.41) is 17.1. The Balaban J connectivity index is 1.75. The SMILES string of the molecule is Cc1cc(Oc2ccc(NC(=O)[C@@H](C)N(C(=O)O)C(C)(C)C)cc2)c2c(C)noc2c1. The number of benzene rings is 2. The number of amides is 2. The minimum absolute atomic E-state index is 0.411. The van der Waals surface area contributed by atoms with Crippen LogP contribution in [0.15, 0.2) is 40.9 Å². The van der Waals surface area contributed by atoms with E-state index in [0.29, 0.717) is 22.8 Å². The minimum atomic E-state index is -1.15. The van der Waals surface area contributed by atoms with Gasteiger partial charge in [0.25, 0.3) is 0 Å². The van der Waals surface area contributed by atoms with E-state index in [-0.39, 0.29) is 0 Å². The maximum absolute atomic E-state index is 12.6. The number of ether oxygens (including phenoxy) is 1. The summed E-state index contributed by atoms with van der Waals surface area (Å²) in [5.41, 5.74) is 2.22. The second-order valence-electron chi connectivity index (χ2n) is 8.52. The van der Waals surface area contributed by atoms with Gasteiger partial charge in [0.2, 0.25) is 5.91 Å². The number of rotatable bonds is 5. The average Bonchev–Trinajstić information content (AvgIpc) is 3.02. The fourth-order valence-corrected chi connectivity index (χ4v) is 3.52. The Kier molecular flexibility index (Phi) is 5.92. The van der Waals surface area contributed by atoms with E-state index >= 15 is 0 Å². The Morgan fingerprint density at radius 1 is 1.16 bits per heavy atom. The number of carboxylic acid groups (broad SMARTS) is 1. The molecule has 0 bridgehead atoms. The monoisotopic (exact) mass is 425 g/mol. The Labute approximate surface area is 180 Å². The lowest BCUT2D eigenvalue weighted by Crippen LogP contribution is -2.54. The van der Waals surface area contributed by atoms with Gasteiger partial charge in [-0.3, -0.25) is 9.69 Å². The minimum Gasteiger partial charge on any atom is -0.465 e. The van der Waals surface area contributed by atoms with Crippen LogP contribution in [0.25, 0.3) is 11.0 Å². The molecular formula is C23H27N3O5. The van der Waals surface area contributed by atoms with Gasteiger partial charge in [-0.2, -0.15) is 0 Å². The topological polar surface area (TPSA) is 105 Å². The Hall–Kier alpha value is -3.55. The van der Waals surface area contributed by atoms with E-state index in [9.17, 15) is 14.7 Å². The molecule has 2 amide bonds. The molecule has 1 atom stereocenters. The average molecular weight is 425 g/mol. The first-order valence-corrected chi connectivity index (χ1v) is 9.95. The molecule has 0 fully saturated rings. The largest absolute Gasteiger partial charge is 0.465 e. The first-order chi connectivity index (χ1) is 14.5. The number of hydrogen-bond acceptors (Lipinski definition) is 5. The van der Waals surface area contributed by atoms with Crippen LogP contribution in [0, 0.1) is 13.8 Å². The van der Waals surface area contributed by atoms with Crippen LogP contribution >= 0.6 is 0 Å². The Morgan fingerprint density at radius 3 is 2.39 bits per heavy atom. The van der Waals surface area contributed by atoms with Crippen LogP contribution in [0.5, 0.6) is 11.5 Å². The highest BCUT2D eigenvalue weighted by Crippen LogP contribution is 2.34. The molecule has 8 nitrogen and oxygen atoms in total. The molecule has 0 spiro atoms. The summed E-state index contributed by atoms with van der Waals surface area (Å²) >= 11 is 0. The third-order valence-electron chi connectivity index (χ3n) is 4.90. The second-order valence-corrected chi connectivity index (χ2v) is 8.52. The predicted octanol–water partition coefficient (Wildman–Crippen LogP) is 5.34. The molecule has 1 heterocycles. The van der Waals surface area contributed by atoms with E-state index in [0.717, 1.165) is 21.5 Å². The van der Waals surface area contributed by atoms with Crippen molar-refractivity contribution in [3.8, 4) is 11.5 Å². The van der Waals surface area contributed by atoms with Gasteiger partial charge in [0.1, 0.15) is 17.5 Å².